The van der Waals surface area contributed by atoms with Crippen molar-refractivity contribution < 1.29 is 9.21 Å². The van der Waals surface area contributed by atoms with E-state index in [1.807, 2.05) is 0 Å². The topological polar surface area (TPSA) is 46.3 Å². The van der Waals surface area contributed by atoms with Crippen LogP contribution in [-0.4, -0.2) is 35.3 Å². The Morgan fingerprint density at radius 3 is 2.75 bits per heavy atom. The van der Waals surface area contributed by atoms with Crippen LogP contribution in [0.2, 0.25) is 0 Å². The highest BCUT2D eigenvalue weighted by atomic mass is 16.4. The van der Waals surface area contributed by atoms with E-state index >= 15 is 0 Å². The lowest BCUT2D eigenvalue weighted by Gasteiger charge is -2.29. The Morgan fingerprint density at radius 2 is 2.25 bits per heavy atom. The molecule has 0 unspecified atom stereocenters. The van der Waals surface area contributed by atoms with Crippen molar-refractivity contribution in [1.82, 2.24) is 9.88 Å². The molecule has 4 nitrogen and oxygen atoms in total. The van der Waals surface area contributed by atoms with Crippen LogP contribution in [0.5, 0.6) is 0 Å². The van der Waals surface area contributed by atoms with Crippen molar-refractivity contribution in [3.63, 3.8) is 0 Å². The van der Waals surface area contributed by atoms with Gasteiger partial charge in [0.05, 0.1) is 6.20 Å². The number of nitrogens with zero attached hydrogens (tertiary/aromatic N) is 2. The number of carbonyl (C=O) groups excluding carboxylic acids is 1. The summed E-state index contributed by atoms with van der Waals surface area (Å²) in [4.78, 5) is 17.7. The molecule has 0 spiro atoms. The molecular formula is C12H18N2O2. The van der Waals surface area contributed by atoms with Gasteiger partial charge in [0.25, 0.3) is 0 Å². The Bertz CT molecular complexity index is 365. The Hall–Kier alpha value is -1.16. The molecule has 0 bridgehead atoms. The molecule has 88 valence electrons. The van der Waals surface area contributed by atoms with Crippen molar-refractivity contribution in [3.05, 3.63) is 17.8 Å². The van der Waals surface area contributed by atoms with Crippen molar-refractivity contribution >= 4 is 5.78 Å². The van der Waals surface area contributed by atoms with Gasteiger partial charge in [0.1, 0.15) is 0 Å². The van der Waals surface area contributed by atoms with E-state index in [2.05, 4.69) is 16.8 Å². The minimum absolute atomic E-state index is 0.0512. The average Bonchev–Trinajstić information content (AvgIpc) is 2.78. The Kier molecular flexibility index (Phi) is 3.39. The molecule has 4 heteroatoms. The largest absolute Gasteiger partial charge is 0.437 e. The van der Waals surface area contributed by atoms with Crippen molar-refractivity contribution in [2.45, 2.75) is 32.6 Å². The quantitative estimate of drug-likeness (QED) is 0.734. The molecule has 16 heavy (non-hydrogen) atoms. The van der Waals surface area contributed by atoms with Gasteiger partial charge in [-0.25, -0.2) is 4.98 Å². The second-order valence-corrected chi connectivity index (χ2v) is 4.33. The van der Waals surface area contributed by atoms with Gasteiger partial charge >= 0.3 is 0 Å². The summed E-state index contributed by atoms with van der Waals surface area (Å²) in [5.41, 5.74) is 0. The van der Waals surface area contributed by atoms with E-state index in [-0.39, 0.29) is 5.78 Å². The zero-order chi connectivity index (χ0) is 11.5. The summed E-state index contributed by atoms with van der Waals surface area (Å²) in [7, 11) is 0. The molecule has 1 aliphatic heterocycles. The molecule has 0 radical (unpaired) electrons. The van der Waals surface area contributed by atoms with Gasteiger partial charge in [0.2, 0.25) is 0 Å². The summed E-state index contributed by atoms with van der Waals surface area (Å²) in [5.74, 6) is 1.45. The van der Waals surface area contributed by atoms with Crippen molar-refractivity contribution in [1.29, 1.82) is 0 Å². The van der Waals surface area contributed by atoms with Crippen LogP contribution in [0.15, 0.2) is 10.6 Å². The van der Waals surface area contributed by atoms with Crippen molar-refractivity contribution in [2.24, 2.45) is 0 Å². The highest BCUT2D eigenvalue weighted by Gasteiger charge is 2.23. The molecule has 1 fully saturated rings. The first-order chi connectivity index (χ1) is 7.70. The molecule has 1 aliphatic rings. The van der Waals surface area contributed by atoms with Crippen molar-refractivity contribution in [3.8, 4) is 0 Å². The second-order valence-electron chi connectivity index (χ2n) is 4.33. The van der Waals surface area contributed by atoms with Gasteiger partial charge in [0, 0.05) is 12.8 Å². The monoisotopic (exact) mass is 222 g/mol. The Morgan fingerprint density at radius 1 is 1.56 bits per heavy atom. The van der Waals surface area contributed by atoms with Gasteiger partial charge in [-0.05, 0) is 32.5 Å². The van der Waals surface area contributed by atoms with Crippen LogP contribution >= 0.6 is 0 Å². The maximum atomic E-state index is 11.1. The van der Waals surface area contributed by atoms with Gasteiger partial charge in [-0.2, -0.15) is 0 Å². The Balaban J connectivity index is 2.00. The first-order valence-corrected chi connectivity index (χ1v) is 5.89. The number of Topliss-reactive ketones (excluding diaryl/α,β-unsaturated/α-hetero) is 1. The average molecular weight is 222 g/mol. The van der Waals surface area contributed by atoms with Gasteiger partial charge in [-0.15, -0.1) is 0 Å². The van der Waals surface area contributed by atoms with Gasteiger partial charge in [-0.1, -0.05) is 6.92 Å². The number of hydrogen-bond acceptors (Lipinski definition) is 4. The fraction of sp³-hybridized carbons (Fsp3) is 0.667. The molecule has 0 amide bonds. The van der Waals surface area contributed by atoms with E-state index in [0.717, 1.165) is 38.4 Å². The zero-order valence-electron chi connectivity index (χ0n) is 9.90. The van der Waals surface area contributed by atoms with Crippen LogP contribution in [0, 0.1) is 0 Å². The summed E-state index contributed by atoms with van der Waals surface area (Å²) >= 11 is 0. The second kappa shape index (κ2) is 4.78. The van der Waals surface area contributed by atoms with Crippen LogP contribution < -0.4 is 0 Å². The van der Waals surface area contributed by atoms with E-state index < -0.39 is 0 Å². The first-order valence-electron chi connectivity index (χ1n) is 5.89. The number of ketones is 1. The Labute approximate surface area is 95.6 Å². The molecule has 0 aromatic carbocycles. The highest BCUT2D eigenvalue weighted by molar-refractivity contribution is 5.90. The normalized spacial score (nSPS) is 18.9. The van der Waals surface area contributed by atoms with Crippen LogP contribution in [-0.2, 0) is 0 Å². The maximum absolute atomic E-state index is 11.1. The molecule has 2 rings (SSSR count). The van der Waals surface area contributed by atoms with Crippen LogP contribution in [0.25, 0.3) is 0 Å². The standard InChI is InChI=1S/C12H18N2O2/c1-3-14-6-4-10(5-7-14)12-13-8-11(16-12)9(2)15/h8,10H,3-7H2,1-2H3. The smallest absolute Gasteiger partial charge is 0.198 e. The van der Waals surface area contributed by atoms with E-state index in [9.17, 15) is 4.79 Å². The number of aromatic nitrogens is 1. The van der Waals surface area contributed by atoms with E-state index in [1.165, 1.54) is 6.92 Å². The van der Waals surface area contributed by atoms with Crippen LogP contribution in [0.4, 0.5) is 0 Å². The van der Waals surface area contributed by atoms with Crippen LogP contribution in [0.3, 0.4) is 0 Å². The predicted octanol–water partition coefficient (Wildman–Crippen LogP) is 2.08. The minimum atomic E-state index is -0.0512. The van der Waals surface area contributed by atoms with Gasteiger partial charge in [0.15, 0.2) is 17.4 Å². The third-order valence-corrected chi connectivity index (χ3v) is 3.25. The number of hydrogen-bond donors (Lipinski definition) is 0. The predicted molar refractivity (Wildman–Crippen MR) is 60.6 cm³/mol. The fourth-order valence-electron chi connectivity index (χ4n) is 2.14. The number of carbonyl (C=O) groups is 1. The molecular weight excluding hydrogens is 204 g/mol. The summed E-state index contributed by atoms with van der Waals surface area (Å²) in [5, 5.41) is 0. The number of piperidine rings is 1. The van der Waals surface area contributed by atoms with E-state index in [0.29, 0.717) is 11.7 Å². The summed E-state index contributed by atoms with van der Waals surface area (Å²) in [6.07, 6.45) is 3.70. The minimum Gasteiger partial charge on any atom is -0.437 e. The maximum Gasteiger partial charge on any atom is 0.198 e. The summed E-state index contributed by atoms with van der Waals surface area (Å²) in [6, 6.07) is 0. The molecule has 1 aromatic rings. The van der Waals surface area contributed by atoms with E-state index in [4.69, 9.17) is 4.42 Å². The fourth-order valence-corrected chi connectivity index (χ4v) is 2.14. The zero-order valence-corrected chi connectivity index (χ0v) is 9.90. The SMILES string of the molecule is CCN1CCC(c2ncc(C(C)=O)o2)CC1. The lowest BCUT2D eigenvalue weighted by atomic mass is 9.97. The van der Waals surface area contributed by atoms with Gasteiger partial charge in [-0.3, -0.25) is 4.79 Å². The van der Waals surface area contributed by atoms with Crippen molar-refractivity contribution in [2.75, 3.05) is 19.6 Å². The molecule has 0 saturated carbocycles. The number of rotatable bonds is 3. The third-order valence-electron chi connectivity index (χ3n) is 3.25. The summed E-state index contributed by atoms with van der Waals surface area (Å²) < 4.78 is 5.47. The molecule has 0 atom stereocenters. The van der Waals surface area contributed by atoms with Gasteiger partial charge < -0.3 is 9.32 Å². The lowest BCUT2D eigenvalue weighted by molar-refractivity contribution is 0.0983. The van der Waals surface area contributed by atoms with Crippen LogP contribution in [0.1, 0.15) is 49.1 Å². The lowest BCUT2D eigenvalue weighted by Crippen LogP contribution is -2.32. The third kappa shape index (κ3) is 2.32. The molecule has 0 N–H and O–H groups in total. The highest BCUT2D eigenvalue weighted by Crippen LogP contribution is 2.27. The molecule has 1 aromatic heterocycles. The summed E-state index contributed by atoms with van der Waals surface area (Å²) in [6.45, 7) is 6.98. The first kappa shape index (κ1) is 11.3. The number of oxazole rings is 1. The molecule has 2 heterocycles. The molecule has 0 aliphatic carbocycles. The number of likely N-dealkylation sites (tertiary alicyclic amines) is 1. The molecule has 1 saturated heterocycles. The van der Waals surface area contributed by atoms with E-state index in [1.54, 1.807) is 6.20 Å².